The molecule has 0 unspecified atom stereocenters. The maximum absolute atomic E-state index is 13.7. The zero-order chi connectivity index (χ0) is 20.5. The Balaban J connectivity index is 1.56. The zero-order valence-corrected chi connectivity index (χ0v) is 16.0. The van der Waals surface area contributed by atoms with Crippen molar-refractivity contribution in [1.29, 1.82) is 0 Å². The van der Waals surface area contributed by atoms with Crippen molar-refractivity contribution in [3.63, 3.8) is 0 Å². The lowest BCUT2D eigenvalue weighted by Gasteiger charge is -2.10. The molecule has 6 nitrogen and oxygen atoms in total. The first-order chi connectivity index (χ1) is 13.9. The second kappa shape index (κ2) is 7.44. The molecular formula is C20H15F2N5OS. The molecule has 0 atom stereocenters. The third kappa shape index (κ3) is 3.59. The van der Waals surface area contributed by atoms with Crippen LogP contribution in [-0.4, -0.2) is 16.0 Å². The summed E-state index contributed by atoms with van der Waals surface area (Å²) in [6.45, 7) is 1.98. The summed E-state index contributed by atoms with van der Waals surface area (Å²) in [6.07, 6.45) is 1.43. The minimum Gasteiger partial charge on any atom is -0.383 e. The van der Waals surface area contributed by atoms with Crippen molar-refractivity contribution in [1.82, 2.24) is 9.97 Å². The Morgan fingerprint density at radius 3 is 2.41 bits per heavy atom. The molecule has 4 rings (SSSR count). The highest BCUT2D eigenvalue weighted by Gasteiger charge is 2.16. The van der Waals surface area contributed by atoms with Gasteiger partial charge in [0.2, 0.25) is 0 Å². The average Bonchev–Trinajstić information content (AvgIpc) is 3.03. The van der Waals surface area contributed by atoms with Crippen molar-refractivity contribution in [3.05, 3.63) is 65.3 Å². The van der Waals surface area contributed by atoms with Crippen molar-refractivity contribution < 1.29 is 13.6 Å². The standard InChI is InChI=1S/C20H15F2N5OS/c1-10-15(16-18(23)24-9-25-19(16)29-10)11-5-7-12(8-6-11)26-20(28)27-17-13(21)3-2-4-14(17)22/h2-9H,1H3,(H2,23,24,25)(H2,26,27,28). The molecule has 2 aromatic carbocycles. The summed E-state index contributed by atoms with van der Waals surface area (Å²) < 4.78 is 27.3. The maximum Gasteiger partial charge on any atom is 0.323 e. The fourth-order valence-electron chi connectivity index (χ4n) is 3.03. The molecule has 4 aromatic rings. The number of urea groups is 1. The fourth-order valence-corrected chi connectivity index (χ4v) is 4.05. The predicted molar refractivity (Wildman–Crippen MR) is 111 cm³/mol. The summed E-state index contributed by atoms with van der Waals surface area (Å²) in [5.41, 5.74) is 7.82. The van der Waals surface area contributed by atoms with Gasteiger partial charge in [0.15, 0.2) is 0 Å². The second-order valence-electron chi connectivity index (χ2n) is 6.23. The zero-order valence-electron chi connectivity index (χ0n) is 15.2. The van der Waals surface area contributed by atoms with Crippen LogP contribution in [0.5, 0.6) is 0 Å². The van der Waals surface area contributed by atoms with Gasteiger partial charge in [-0.05, 0) is 36.8 Å². The van der Waals surface area contributed by atoms with Crippen LogP contribution < -0.4 is 16.4 Å². The monoisotopic (exact) mass is 411 g/mol. The minimum absolute atomic E-state index is 0.405. The molecule has 0 aliphatic heterocycles. The lowest BCUT2D eigenvalue weighted by atomic mass is 10.0. The van der Waals surface area contributed by atoms with Crippen molar-refractivity contribution in [2.45, 2.75) is 6.92 Å². The normalized spacial score (nSPS) is 10.9. The van der Waals surface area contributed by atoms with Gasteiger partial charge < -0.3 is 16.4 Å². The van der Waals surface area contributed by atoms with Crippen LogP contribution in [0.15, 0.2) is 48.8 Å². The Hall–Kier alpha value is -3.59. The van der Waals surface area contributed by atoms with Crippen LogP contribution in [0.1, 0.15) is 4.88 Å². The molecule has 0 fully saturated rings. The molecular weight excluding hydrogens is 396 g/mol. The third-order valence-corrected chi connectivity index (χ3v) is 5.34. The molecule has 2 amide bonds. The minimum atomic E-state index is -0.852. The van der Waals surface area contributed by atoms with Gasteiger partial charge in [0.25, 0.3) is 0 Å². The van der Waals surface area contributed by atoms with Gasteiger partial charge in [-0.2, -0.15) is 0 Å². The molecule has 9 heteroatoms. The number of carbonyl (C=O) groups is 1. The van der Waals surface area contributed by atoms with Gasteiger partial charge in [0.05, 0.1) is 5.39 Å². The first-order valence-corrected chi connectivity index (χ1v) is 9.37. The highest BCUT2D eigenvalue weighted by Crippen LogP contribution is 2.39. The van der Waals surface area contributed by atoms with Gasteiger partial charge in [-0.3, -0.25) is 0 Å². The highest BCUT2D eigenvalue weighted by molar-refractivity contribution is 7.19. The van der Waals surface area contributed by atoms with Crippen LogP contribution in [-0.2, 0) is 0 Å². The Morgan fingerprint density at radius 1 is 1.03 bits per heavy atom. The van der Waals surface area contributed by atoms with E-state index in [-0.39, 0.29) is 0 Å². The first-order valence-electron chi connectivity index (χ1n) is 8.56. The van der Waals surface area contributed by atoms with Crippen molar-refractivity contribution >= 4 is 44.8 Å². The average molecular weight is 411 g/mol. The fraction of sp³-hybridized carbons (Fsp3) is 0.0500. The molecule has 0 spiro atoms. The number of nitrogen functional groups attached to an aromatic ring is 1. The van der Waals surface area contributed by atoms with Crippen LogP contribution in [0.3, 0.4) is 0 Å². The second-order valence-corrected chi connectivity index (χ2v) is 7.43. The van der Waals surface area contributed by atoms with E-state index in [9.17, 15) is 13.6 Å². The number of nitrogens with one attached hydrogen (secondary N) is 2. The van der Waals surface area contributed by atoms with Crippen molar-refractivity contribution in [3.8, 4) is 11.1 Å². The quantitative estimate of drug-likeness (QED) is 0.434. The van der Waals surface area contributed by atoms with Gasteiger partial charge in [-0.15, -0.1) is 11.3 Å². The number of nitrogens with zero attached hydrogens (tertiary/aromatic N) is 2. The lowest BCUT2D eigenvalue weighted by molar-refractivity contribution is 0.262. The van der Waals surface area contributed by atoms with E-state index in [1.807, 2.05) is 19.1 Å². The molecule has 0 radical (unpaired) electrons. The number of hydrogen-bond donors (Lipinski definition) is 3. The summed E-state index contributed by atoms with van der Waals surface area (Å²) in [4.78, 5) is 22.3. The number of hydrogen-bond acceptors (Lipinski definition) is 5. The molecule has 0 saturated heterocycles. The van der Waals surface area contributed by atoms with E-state index >= 15 is 0 Å². The van der Waals surface area contributed by atoms with E-state index in [1.165, 1.54) is 23.7 Å². The summed E-state index contributed by atoms with van der Waals surface area (Å²) in [5, 5.41) is 5.52. The number of aromatic nitrogens is 2. The van der Waals surface area contributed by atoms with Gasteiger partial charge in [-0.25, -0.2) is 23.5 Å². The van der Waals surface area contributed by atoms with E-state index in [1.54, 1.807) is 12.1 Å². The molecule has 2 aromatic heterocycles. The Kier molecular flexibility index (Phi) is 4.81. The van der Waals surface area contributed by atoms with E-state index < -0.39 is 23.4 Å². The Bertz CT molecular complexity index is 1200. The molecule has 4 N–H and O–H groups in total. The molecule has 0 bridgehead atoms. The van der Waals surface area contributed by atoms with Crippen molar-refractivity contribution in [2.24, 2.45) is 0 Å². The van der Waals surface area contributed by atoms with Crippen LogP contribution >= 0.6 is 11.3 Å². The van der Waals surface area contributed by atoms with Crippen LogP contribution in [0.4, 0.5) is 30.8 Å². The van der Waals surface area contributed by atoms with E-state index in [4.69, 9.17) is 5.73 Å². The van der Waals surface area contributed by atoms with E-state index in [0.717, 1.165) is 38.4 Å². The molecule has 0 saturated carbocycles. The Morgan fingerprint density at radius 2 is 1.72 bits per heavy atom. The number of fused-ring (bicyclic) bond motifs is 1. The Labute approximate surface area is 168 Å². The number of benzene rings is 2. The molecule has 0 aliphatic rings. The van der Waals surface area contributed by atoms with Crippen LogP contribution in [0.25, 0.3) is 21.3 Å². The summed E-state index contributed by atoms with van der Waals surface area (Å²) >= 11 is 1.52. The van der Waals surface area contributed by atoms with E-state index in [0.29, 0.717) is 11.5 Å². The summed E-state index contributed by atoms with van der Waals surface area (Å²) in [5.74, 6) is -1.30. The number of thiophene rings is 1. The number of aryl methyl sites for hydroxylation is 1. The maximum atomic E-state index is 13.7. The molecule has 0 aliphatic carbocycles. The smallest absolute Gasteiger partial charge is 0.323 e. The number of carbonyl (C=O) groups excluding carboxylic acids is 1. The van der Waals surface area contributed by atoms with Gasteiger partial charge in [0.1, 0.15) is 34.3 Å². The number of anilines is 3. The summed E-state index contributed by atoms with van der Waals surface area (Å²) in [7, 11) is 0. The van der Waals surface area contributed by atoms with Gasteiger partial charge in [0, 0.05) is 16.1 Å². The SMILES string of the molecule is Cc1sc2ncnc(N)c2c1-c1ccc(NC(=O)Nc2c(F)cccc2F)cc1. The summed E-state index contributed by atoms with van der Waals surface area (Å²) in [6, 6.07) is 9.62. The number of halogens is 2. The molecule has 29 heavy (non-hydrogen) atoms. The lowest BCUT2D eigenvalue weighted by Crippen LogP contribution is -2.20. The topological polar surface area (TPSA) is 92.9 Å². The van der Waals surface area contributed by atoms with Crippen molar-refractivity contribution in [2.75, 3.05) is 16.4 Å². The van der Waals surface area contributed by atoms with Gasteiger partial charge >= 0.3 is 6.03 Å². The molecule has 2 heterocycles. The number of rotatable bonds is 3. The van der Waals surface area contributed by atoms with E-state index in [2.05, 4.69) is 20.6 Å². The largest absolute Gasteiger partial charge is 0.383 e. The van der Waals surface area contributed by atoms with Crippen LogP contribution in [0, 0.1) is 18.6 Å². The third-order valence-electron chi connectivity index (χ3n) is 4.33. The van der Waals surface area contributed by atoms with Crippen LogP contribution in [0.2, 0.25) is 0 Å². The highest BCUT2D eigenvalue weighted by atomic mass is 32.1. The number of amides is 2. The number of para-hydroxylation sites is 1. The van der Waals surface area contributed by atoms with Gasteiger partial charge in [-0.1, -0.05) is 18.2 Å². The number of nitrogens with two attached hydrogens (primary N) is 1. The molecule has 146 valence electrons. The predicted octanol–water partition coefficient (Wildman–Crippen LogP) is 5.17. The first kappa shape index (κ1) is 18.8.